The first-order valence-corrected chi connectivity index (χ1v) is 11.2. The summed E-state index contributed by atoms with van der Waals surface area (Å²) >= 11 is 0. The maximum Gasteiger partial charge on any atom is 0.403 e. The highest BCUT2D eigenvalue weighted by Crippen LogP contribution is 2.23. The van der Waals surface area contributed by atoms with Crippen LogP contribution in [0.4, 0.5) is 5.69 Å². The van der Waals surface area contributed by atoms with Crippen molar-refractivity contribution >= 4 is 11.5 Å². The Morgan fingerprint density at radius 1 is 1.03 bits per heavy atom. The maximum absolute atomic E-state index is 10.9. The second-order valence-electron chi connectivity index (χ2n) is 6.94. The summed E-state index contributed by atoms with van der Waals surface area (Å²) < 4.78 is 38.2. The molecule has 1 aromatic carbocycles. The molecular formula is C20H25ClN4O6. The van der Waals surface area contributed by atoms with E-state index in [1.54, 1.807) is 18.3 Å². The summed E-state index contributed by atoms with van der Waals surface area (Å²) in [6.07, 6.45) is 13.3. The second-order valence-corrected chi connectivity index (χ2v) is 7.70. The molecule has 31 heavy (non-hydrogen) atoms. The number of non-ortho nitro benzene ring substituents is 1. The minimum Gasteiger partial charge on any atom is -0.258 e. The van der Waals surface area contributed by atoms with Crippen LogP contribution >= 0.6 is 0 Å². The third kappa shape index (κ3) is 8.19. The zero-order chi connectivity index (χ0) is 22.9. The molecule has 2 heterocycles. The fourth-order valence-electron chi connectivity index (χ4n) is 3.25. The molecule has 0 aliphatic heterocycles. The lowest BCUT2D eigenvalue weighted by Gasteiger charge is -2.17. The highest BCUT2D eigenvalue weighted by atomic mass is 35.7. The van der Waals surface area contributed by atoms with E-state index in [0.717, 1.165) is 30.0 Å². The van der Waals surface area contributed by atoms with Gasteiger partial charge >= 0.3 is 5.78 Å². The molecule has 0 amide bonds. The quantitative estimate of drug-likeness (QED) is 0.188. The van der Waals surface area contributed by atoms with Crippen molar-refractivity contribution in [3.8, 4) is 11.3 Å². The van der Waals surface area contributed by atoms with Gasteiger partial charge in [-0.05, 0) is 18.6 Å². The SMILES string of the molecule is CCCCCCCCn1c(-c2ccc([N+](=O)[O-])cc2)c[n+]2cccnc12.[O-][Cl+3]([O-])([O-])[O-]. The molecule has 10 nitrogen and oxygen atoms in total. The molecule has 2 aromatic heterocycles. The molecule has 0 aliphatic carbocycles. The summed E-state index contributed by atoms with van der Waals surface area (Å²) in [7, 11) is -4.94. The lowest BCUT2D eigenvalue weighted by Crippen LogP contribution is -2.68. The zero-order valence-corrected chi connectivity index (χ0v) is 17.9. The van der Waals surface area contributed by atoms with Gasteiger partial charge in [0, 0.05) is 23.8 Å². The van der Waals surface area contributed by atoms with E-state index in [0.29, 0.717) is 0 Å². The Labute approximate surface area is 181 Å². The zero-order valence-electron chi connectivity index (χ0n) is 17.2. The van der Waals surface area contributed by atoms with Gasteiger partial charge in [0.15, 0.2) is 0 Å². The molecule has 0 unspecified atom stereocenters. The summed E-state index contributed by atoms with van der Waals surface area (Å²) in [4.78, 5) is 15.0. The van der Waals surface area contributed by atoms with E-state index in [1.807, 2.05) is 35.0 Å². The van der Waals surface area contributed by atoms with Crippen LogP contribution in [0.2, 0.25) is 0 Å². The molecule has 0 N–H and O–H groups in total. The summed E-state index contributed by atoms with van der Waals surface area (Å²) in [5, 5.41) is 10.9. The van der Waals surface area contributed by atoms with Crippen molar-refractivity contribution in [3.63, 3.8) is 0 Å². The van der Waals surface area contributed by atoms with Crippen LogP contribution in [0.3, 0.4) is 0 Å². The Balaban J connectivity index is 0.000000614. The first-order valence-electron chi connectivity index (χ1n) is 9.93. The number of halogens is 1. The van der Waals surface area contributed by atoms with Gasteiger partial charge in [-0.25, -0.2) is 27.6 Å². The van der Waals surface area contributed by atoms with Crippen molar-refractivity contribution in [2.24, 2.45) is 0 Å². The monoisotopic (exact) mass is 452 g/mol. The normalized spacial score (nSPS) is 11.3. The molecule has 11 heteroatoms. The molecule has 3 rings (SSSR count). The Hall–Kier alpha value is -2.63. The predicted molar refractivity (Wildman–Crippen MR) is 101 cm³/mol. The molecule has 0 aliphatic rings. The van der Waals surface area contributed by atoms with E-state index < -0.39 is 10.2 Å². The molecule has 0 spiro atoms. The molecule has 0 fully saturated rings. The van der Waals surface area contributed by atoms with Crippen LogP contribution in [0, 0.1) is 20.4 Å². The van der Waals surface area contributed by atoms with Crippen molar-refractivity contribution in [3.05, 3.63) is 59.0 Å². The Bertz CT molecular complexity index is 966. The van der Waals surface area contributed by atoms with E-state index in [2.05, 4.69) is 16.5 Å². The van der Waals surface area contributed by atoms with E-state index >= 15 is 0 Å². The van der Waals surface area contributed by atoms with Crippen LogP contribution in [-0.2, 0) is 6.54 Å². The summed E-state index contributed by atoms with van der Waals surface area (Å²) in [5.74, 6) is 0.898. The van der Waals surface area contributed by atoms with Gasteiger partial charge in [-0.3, -0.25) is 10.1 Å². The average Bonchev–Trinajstić information content (AvgIpc) is 3.08. The highest BCUT2D eigenvalue weighted by Gasteiger charge is 2.19. The molecule has 3 aromatic rings. The van der Waals surface area contributed by atoms with Gasteiger partial charge < -0.3 is 0 Å². The van der Waals surface area contributed by atoms with Crippen molar-refractivity contribution in [2.75, 3.05) is 0 Å². The van der Waals surface area contributed by atoms with Crippen LogP contribution in [-0.4, -0.2) is 14.5 Å². The number of nitro groups is 1. The number of unbranched alkanes of at least 4 members (excludes halogenated alkanes) is 5. The fraction of sp³-hybridized carbons (Fsp3) is 0.400. The average molecular weight is 453 g/mol. The lowest BCUT2D eigenvalue weighted by molar-refractivity contribution is -2.00. The molecule has 0 radical (unpaired) electrons. The number of nitrogens with zero attached hydrogens (tertiary/aromatic N) is 4. The van der Waals surface area contributed by atoms with Crippen LogP contribution in [0.5, 0.6) is 0 Å². The first kappa shape index (κ1) is 24.6. The maximum atomic E-state index is 10.9. The number of imidazole rings is 1. The third-order valence-corrected chi connectivity index (χ3v) is 4.66. The highest BCUT2D eigenvalue weighted by molar-refractivity contribution is 5.62. The summed E-state index contributed by atoms with van der Waals surface area (Å²) in [6.45, 7) is 3.12. The number of fused-ring (bicyclic) bond motifs is 1. The van der Waals surface area contributed by atoms with E-state index in [-0.39, 0.29) is 10.6 Å². The minimum atomic E-state index is -4.94. The van der Waals surface area contributed by atoms with Crippen LogP contribution in [0.1, 0.15) is 45.4 Å². The Kier molecular flexibility index (Phi) is 9.28. The van der Waals surface area contributed by atoms with Gasteiger partial charge in [0.25, 0.3) is 5.69 Å². The van der Waals surface area contributed by atoms with Crippen molar-refractivity contribution < 1.29 is 38.2 Å². The smallest absolute Gasteiger partial charge is 0.258 e. The Morgan fingerprint density at radius 2 is 1.65 bits per heavy atom. The van der Waals surface area contributed by atoms with Gasteiger partial charge in [-0.1, -0.05) is 44.0 Å². The standard InChI is InChI=1S/C20H25N4O2.ClHO4/c1-2-3-4-5-6-7-15-23-19(16-22-14-8-13-21-20(22)23)17-9-11-18(12-10-17)24(25)26;2-1(3,4)5/h8-14,16H,2-7,15H2,1H3;(H,2,3,4,5)/q+1;/p-1. The van der Waals surface area contributed by atoms with Gasteiger partial charge in [0.2, 0.25) is 0 Å². The number of aromatic nitrogens is 3. The summed E-state index contributed by atoms with van der Waals surface area (Å²) in [5.41, 5.74) is 2.11. The molecule has 0 atom stereocenters. The van der Waals surface area contributed by atoms with E-state index in [1.165, 1.54) is 32.1 Å². The van der Waals surface area contributed by atoms with Crippen LogP contribution < -0.4 is 23.0 Å². The van der Waals surface area contributed by atoms with Crippen molar-refractivity contribution in [1.82, 2.24) is 9.55 Å². The topological polar surface area (TPSA) is 157 Å². The number of aryl methyl sites for hydroxylation is 1. The molecule has 0 saturated carbocycles. The molecule has 168 valence electrons. The molecular weight excluding hydrogens is 428 g/mol. The molecule has 0 saturated heterocycles. The van der Waals surface area contributed by atoms with Crippen molar-refractivity contribution in [2.45, 2.75) is 52.0 Å². The summed E-state index contributed by atoms with van der Waals surface area (Å²) in [6, 6.07) is 8.64. The predicted octanol–water partition coefficient (Wildman–Crippen LogP) is -0.198. The molecule has 0 bridgehead atoms. The number of hydrogen-bond donors (Lipinski definition) is 0. The third-order valence-electron chi connectivity index (χ3n) is 4.66. The number of benzene rings is 1. The van der Waals surface area contributed by atoms with Gasteiger partial charge in [0.05, 0.1) is 17.7 Å². The van der Waals surface area contributed by atoms with Crippen molar-refractivity contribution in [1.29, 1.82) is 0 Å². The van der Waals surface area contributed by atoms with E-state index in [4.69, 9.17) is 18.6 Å². The van der Waals surface area contributed by atoms with Gasteiger partial charge in [0.1, 0.15) is 18.1 Å². The number of hydrogen-bond acceptors (Lipinski definition) is 7. The largest absolute Gasteiger partial charge is 0.403 e. The fourth-order valence-corrected chi connectivity index (χ4v) is 3.25. The van der Waals surface area contributed by atoms with Crippen LogP contribution in [0.15, 0.2) is 48.9 Å². The van der Waals surface area contributed by atoms with Gasteiger partial charge in [-0.15, -0.1) is 10.2 Å². The number of nitro benzene ring substituents is 1. The van der Waals surface area contributed by atoms with Crippen LogP contribution in [0.25, 0.3) is 17.0 Å². The minimum absolute atomic E-state index is 0.109. The van der Waals surface area contributed by atoms with Gasteiger partial charge in [-0.2, -0.15) is 0 Å². The lowest BCUT2D eigenvalue weighted by atomic mass is 10.1. The second kappa shape index (κ2) is 11.7. The van der Waals surface area contributed by atoms with E-state index in [9.17, 15) is 10.1 Å². The Morgan fingerprint density at radius 3 is 2.26 bits per heavy atom. The number of rotatable bonds is 9. The first-order chi connectivity index (χ1) is 14.7.